The molecule has 196 valence electrons. The number of benzene rings is 3. The van der Waals surface area contributed by atoms with Crippen molar-refractivity contribution in [3.63, 3.8) is 0 Å². The van der Waals surface area contributed by atoms with Crippen LogP contribution in [0.1, 0.15) is 64.8 Å². The van der Waals surface area contributed by atoms with E-state index in [1.54, 1.807) is 18.2 Å². The molecule has 0 heterocycles. The number of carbonyl (C=O) groups is 1. The van der Waals surface area contributed by atoms with Crippen LogP contribution in [0.3, 0.4) is 0 Å². The monoisotopic (exact) mass is 521 g/mol. The fourth-order valence-corrected chi connectivity index (χ4v) is 5.37. The highest BCUT2D eigenvalue weighted by Gasteiger charge is 2.24. The second-order valence-corrected chi connectivity index (χ2v) is 11.6. The lowest BCUT2D eigenvalue weighted by molar-refractivity contribution is 0.0980. The van der Waals surface area contributed by atoms with Crippen LogP contribution in [-0.4, -0.2) is 38.8 Å². The van der Waals surface area contributed by atoms with Crippen molar-refractivity contribution >= 4 is 21.6 Å². The number of amides is 1. The van der Waals surface area contributed by atoms with E-state index in [2.05, 4.69) is 34.3 Å². The maximum atomic E-state index is 12.7. The second-order valence-electron chi connectivity index (χ2n) is 9.82. The first-order chi connectivity index (χ1) is 17.7. The Hall–Kier alpha value is -3.20. The summed E-state index contributed by atoms with van der Waals surface area (Å²) in [7, 11) is -3.63. The van der Waals surface area contributed by atoms with Crippen LogP contribution < -0.4 is 15.8 Å². The number of aliphatic hydroxyl groups excluding tert-OH is 1. The van der Waals surface area contributed by atoms with E-state index in [1.165, 1.54) is 5.56 Å². The van der Waals surface area contributed by atoms with Crippen LogP contribution in [0.2, 0.25) is 0 Å². The largest absolute Gasteiger partial charge is 0.399 e. The van der Waals surface area contributed by atoms with Crippen LogP contribution in [0, 0.1) is 0 Å². The van der Waals surface area contributed by atoms with E-state index in [0.29, 0.717) is 17.8 Å². The first-order valence-electron chi connectivity index (χ1n) is 12.7. The first kappa shape index (κ1) is 26.9. The summed E-state index contributed by atoms with van der Waals surface area (Å²) in [6.45, 7) is 1.20. The van der Waals surface area contributed by atoms with Crippen molar-refractivity contribution in [2.24, 2.45) is 0 Å². The van der Waals surface area contributed by atoms with E-state index >= 15 is 0 Å². The SMILES string of the molecule is CS(=O)(=O)NC(=O)c1ccc(-c2ccc(CCNC[C@H](O)c3ccc(N)cc3)cc2)cc1C1CCCC1. The zero-order valence-corrected chi connectivity index (χ0v) is 21.9. The molecule has 0 unspecified atom stereocenters. The molecular weight excluding hydrogens is 486 g/mol. The molecule has 0 bridgehead atoms. The fraction of sp³-hybridized carbons (Fsp3) is 0.345. The summed E-state index contributed by atoms with van der Waals surface area (Å²) in [6, 6.07) is 21.2. The van der Waals surface area contributed by atoms with Gasteiger partial charge in [-0.25, -0.2) is 13.1 Å². The predicted molar refractivity (Wildman–Crippen MR) is 148 cm³/mol. The van der Waals surface area contributed by atoms with Crippen molar-refractivity contribution in [1.82, 2.24) is 10.0 Å². The predicted octanol–water partition coefficient (Wildman–Crippen LogP) is 4.15. The quantitative estimate of drug-likeness (QED) is 0.235. The number of nitrogens with one attached hydrogen (secondary N) is 2. The van der Waals surface area contributed by atoms with Gasteiger partial charge in [0.15, 0.2) is 0 Å². The molecule has 1 aliphatic carbocycles. The molecule has 1 fully saturated rings. The van der Waals surface area contributed by atoms with Gasteiger partial charge in [0.25, 0.3) is 5.91 Å². The lowest BCUT2D eigenvalue weighted by Gasteiger charge is -2.17. The van der Waals surface area contributed by atoms with Gasteiger partial charge >= 0.3 is 0 Å². The molecule has 7 nitrogen and oxygen atoms in total. The maximum Gasteiger partial charge on any atom is 0.265 e. The van der Waals surface area contributed by atoms with Gasteiger partial charge in [-0.1, -0.05) is 61.4 Å². The van der Waals surface area contributed by atoms with Gasteiger partial charge in [0.05, 0.1) is 12.4 Å². The minimum atomic E-state index is -3.63. The van der Waals surface area contributed by atoms with E-state index < -0.39 is 22.0 Å². The van der Waals surface area contributed by atoms with Gasteiger partial charge in [0.2, 0.25) is 10.0 Å². The molecule has 3 aromatic rings. The van der Waals surface area contributed by atoms with Crippen molar-refractivity contribution in [2.75, 3.05) is 25.1 Å². The van der Waals surface area contributed by atoms with Gasteiger partial charge in [-0.05, 0) is 77.7 Å². The fourth-order valence-electron chi connectivity index (χ4n) is 4.92. The number of hydrogen-bond acceptors (Lipinski definition) is 6. The number of carbonyl (C=O) groups excluding carboxylic acids is 1. The number of sulfonamides is 1. The zero-order chi connectivity index (χ0) is 26.4. The first-order valence-corrected chi connectivity index (χ1v) is 14.6. The van der Waals surface area contributed by atoms with Crippen LogP contribution in [0.25, 0.3) is 11.1 Å². The molecule has 1 saturated carbocycles. The van der Waals surface area contributed by atoms with Crippen LogP contribution in [0.4, 0.5) is 5.69 Å². The van der Waals surface area contributed by atoms with Crippen LogP contribution in [0.15, 0.2) is 66.7 Å². The molecule has 8 heteroatoms. The van der Waals surface area contributed by atoms with Gasteiger partial charge < -0.3 is 16.2 Å². The molecule has 4 rings (SSSR count). The second kappa shape index (κ2) is 11.9. The van der Waals surface area contributed by atoms with Crippen LogP contribution >= 0.6 is 0 Å². The maximum absolute atomic E-state index is 12.7. The van der Waals surface area contributed by atoms with Crippen molar-refractivity contribution in [1.29, 1.82) is 0 Å². The molecule has 1 aliphatic rings. The Balaban J connectivity index is 1.39. The summed E-state index contributed by atoms with van der Waals surface area (Å²) in [5.74, 6) is -0.311. The average molecular weight is 522 g/mol. The molecule has 0 spiro atoms. The Morgan fingerprint density at radius 3 is 2.30 bits per heavy atom. The number of hydrogen-bond donors (Lipinski definition) is 4. The summed E-state index contributed by atoms with van der Waals surface area (Å²) >= 11 is 0. The van der Waals surface area contributed by atoms with Gasteiger partial charge in [0.1, 0.15) is 0 Å². The number of nitrogens with two attached hydrogens (primary N) is 1. The Morgan fingerprint density at radius 1 is 1.00 bits per heavy atom. The van der Waals surface area contributed by atoms with Gasteiger partial charge in [0, 0.05) is 17.8 Å². The normalized spacial score (nSPS) is 15.0. The topological polar surface area (TPSA) is 122 Å². The minimum Gasteiger partial charge on any atom is -0.399 e. The van der Waals surface area contributed by atoms with E-state index in [-0.39, 0.29) is 5.92 Å². The third-order valence-corrected chi connectivity index (χ3v) is 7.46. The average Bonchev–Trinajstić information content (AvgIpc) is 3.41. The van der Waals surface area contributed by atoms with E-state index in [4.69, 9.17) is 5.73 Å². The van der Waals surface area contributed by atoms with Crippen LogP contribution in [0.5, 0.6) is 0 Å². The summed E-state index contributed by atoms with van der Waals surface area (Å²) in [5, 5.41) is 13.6. The van der Waals surface area contributed by atoms with Crippen molar-refractivity contribution in [2.45, 2.75) is 44.1 Å². The lowest BCUT2D eigenvalue weighted by atomic mass is 9.89. The molecule has 1 atom stereocenters. The van der Waals surface area contributed by atoms with Crippen molar-refractivity contribution in [3.05, 3.63) is 89.0 Å². The highest BCUT2D eigenvalue weighted by Crippen LogP contribution is 2.38. The number of anilines is 1. The number of aliphatic hydroxyl groups is 1. The van der Waals surface area contributed by atoms with E-state index in [0.717, 1.165) is 67.2 Å². The summed E-state index contributed by atoms with van der Waals surface area (Å²) in [4.78, 5) is 12.7. The number of nitrogen functional groups attached to an aromatic ring is 1. The molecule has 0 aromatic heterocycles. The Morgan fingerprint density at radius 2 is 1.65 bits per heavy atom. The van der Waals surface area contributed by atoms with E-state index in [9.17, 15) is 18.3 Å². The van der Waals surface area contributed by atoms with Gasteiger partial charge in [-0.15, -0.1) is 0 Å². The van der Waals surface area contributed by atoms with Crippen molar-refractivity contribution in [3.8, 4) is 11.1 Å². The third-order valence-electron chi connectivity index (χ3n) is 6.91. The summed E-state index contributed by atoms with van der Waals surface area (Å²) in [5.41, 5.74) is 11.8. The highest BCUT2D eigenvalue weighted by molar-refractivity contribution is 7.89. The lowest BCUT2D eigenvalue weighted by Crippen LogP contribution is -2.30. The summed E-state index contributed by atoms with van der Waals surface area (Å²) in [6.07, 6.45) is 5.46. The molecule has 5 N–H and O–H groups in total. The highest BCUT2D eigenvalue weighted by atomic mass is 32.2. The molecule has 0 aliphatic heterocycles. The smallest absolute Gasteiger partial charge is 0.265 e. The third kappa shape index (κ3) is 7.41. The minimum absolute atomic E-state index is 0.259. The molecular formula is C29H35N3O4S. The van der Waals surface area contributed by atoms with Crippen LogP contribution in [-0.2, 0) is 16.4 Å². The molecule has 3 aromatic carbocycles. The van der Waals surface area contributed by atoms with Gasteiger partial charge in [-0.2, -0.15) is 0 Å². The zero-order valence-electron chi connectivity index (χ0n) is 21.1. The molecule has 0 radical (unpaired) electrons. The van der Waals surface area contributed by atoms with Gasteiger partial charge in [-0.3, -0.25) is 4.79 Å². The van der Waals surface area contributed by atoms with E-state index in [1.807, 2.05) is 24.3 Å². The standard InChI is InChI=1S/C29H35N3O4S/c1-37(35,36)32-29(34)26-15-12-24(18-27(26)22-4-2-3-5-22)21-8-6-20(7-9-21)16-17-31-19-28(33)23-10-13-25(30)14-11-23/h6-15,18,22,28,31,33H,2-5,16-17,19,30H2,1H3,(H,32,34)/t28-/m0/s1. The molecule has 1 amide bonds. The Kier molecular flexibility index (Phi) is 8.63. The van der Waals surface area contributed by atoms with Crippen molar-refractivity contribution < 1.29 is 18.3 Å². The Bertz CT molecular complexity index is 1320. The molecule has 37 heavy (non-hydrogen) atoms. The molecule has 0 saturated heterocycles. The Labute approximate surface area is 219 Å². The number of rotatable bonds is 10. The summed E-state index contributed by atoms with van der Waals surface area (Å²) < 4.78 is 25.4.